The molecule has 1 rings (SSSR count). The molecule has 3 nitrogen and oxygen atoms in total. The fourth-order valence-corrected chi connectivity index (χ4v) is 2.10. The number of carbonyl (C=O) groups is 1. The second kappa shape index (κ2) is 5.56. The number of aliphatic hydroxyl groups is 1. The van der Waals surface area contributed by atoms with Gasteiger partial charge >= 0.3 is 12.4 Å². The van der Waals surface area contributed by atoms with Crippen LogP contribution in [0, 0.1) is 11.8 Å². The Kier molecular flexibility index (Phi) is 4.70. The Hall–Kier alpha value is -0.990. The molecule has 0 saturated carbocycles. The number of nitrogens with zero attached hydrogens (tertiary/aromatic N) is 1. The van der Waals surface area contributed by atoms with Gasteiger partial charge in [-0.1, -0.05) is 0 Å². The fourth-order valence-electron chi connectivity index (χ4n) is 2.10. The molecular weight excluding hydrogens is 280 g/mol. The van der Waals surface area contributed by atoms with Gasteiger partial charge in [0, 0.05) is 19.7 Å². The standard InChI is InChI=1S/C10H13F6NO2/c11-9(12,13)7(10(14,15)16)8(19)17-3-1-6(5-17)2-4-18/h6-7,18H,1-5H2. The second-order valence-electron chi connectivity index (χ2n) is 4.47. The van der Waals surface area contributed by atoms with Crippen molar-refractivity contribution in [1.29, 1.82) is 0 Å². The van der Waals surface area contributed by atoms with E-state index >= 15 is 0 Å². The van der Waals surface area contributed by atoms with Crippen molar-refractivity contribution < 1.29 is 36.2 Å². The molecule has 1 aliphatic rings. The van der Waals surface area contributed by atoms with Crippen molar-refractivity contribution in [2.24, 2.45) is 11.8 Å². The molecule has 0 aromatic carbocycles. The van der Waals surface area contributed by atoms with Crippen molar-refractivity contribution in [3.8, 4) is 0 Å². The van der Waals surface area contributed by atoms with E-state index in [0.717, 1.165) is 0 Å². The van der Waals surface area contributed by atoms with E-state index in [1.807, 2.05) is 0 Å². The van der Waals surface area contributed by atoms with Crippen molar-refractivity contribution in [2.75, 3.05) is 19.7 Å². The minimum atomic E-state index is -5.65. The molecule has 1 N–H and O–H groups in total. The van der Waals surface area contributed by atoms with E-state index in [1.54, 1.807) is 0 Å². The van der Waals surface area contributed by atoms with Gasteiger partial charge in [-0.05, 0) is 18.8 Å². The summed E-state index contributed by atoms with van der Waals surface area (Å²) in [6.07, 6.45) is -10.7. The minimum Gasteiger partial charge on any atom is -0.396 e. The number of rotatable bonds is 3. The number of hydrogen-bond donors (Lipinski definition) is 1. The van der Waals surface area contributed by atoms with Crippen LogP contribution in [0.5, 0.6) is 0 Å². The lowest BCUT2D eigenvalue weighted by molar-refractivity contribution is -0.277. The third kappa shape index (κ3) is 3.99. The predicted octanol–water partition coefficient (Wildman–Crippen LogP) is 1.96. The Bertz CT molecular complexity index is 313. The number of likely N-dealkylation sites (tertiary alicyclic amines) is 1. The van der Waals surface area contributed by atoms with Crippen LogP contribution in [0.4, 0.5) is 26.3 Å². The summed E-state index contributed by atoms with van der Waals surface area (Å²) in [5, 5.41) is 8.66. The maximum absolute atomic E-state index is 12.4. The number of carbonyl (C=O) groups excluding carboxylic acids is 1. The number of aliphatic hydroxyl groups excluding tert-OH is 1. The summed E-state index contributed by atoms with van der Waals surface area (Å²) in [5.74, 6) is -6.18. The minimum absolute atomic E-state index is 0.147. The summed E-state index contributed by atoms with van der Waals surface area (Å²) in [4.78, 5) is 12.0. The van der Waals surface area contributed by atoms with Gasteiger partial charge in [-0.25, -0.2) is 0 Å². The quantitative estimate of drug-likeness (QED) is 0.808. The number of alkyl halides is 6. The van der Waals surface area contributed by atoms with Gasteiger partial charge in [0.25, 0.3) is 0 Å². The normalized spacial score (nSPS) is 21.3. The summed E-state index contributed by atoms with van der Waals surface area (Å²) in [6.45, 7) is -0.539. The van der Waals surface area contributed by atoms with Crippen molar-refractivity contribution in [2.45, 2.75) is 25.2 Å². The van der Waals surface area contributed by atoms with Gasteiger partial charge in [-0.2, -0.15) is 26.3 Å². The highest BCUT2D eigenvalue weighted by atomic mass is 19.4. The third-order valence-corrected chi connectivity index (χ3v) is 3.04. The highest BCUT2D eigenvalue weighted by Crippen LogP contribution is 2.41. The van der Waals surface area contributed by atoms with Crippen LogP contribution >= 0.6 is 0 Å². The molecule has 0 bridgehead atoms. The maximum atomic E-state index is 12.4. The Morgan fingerprint density at radius 1 is 1.21 bits per heavy atom. The van der Waals surface area contributed by atoms with E-state index in [9.17, 15) is 31.1 Å². The van der Waals surface area contributed by atoms with Gasteiger partial charge in [-0.15, -0.1) is 0 Å². The summed E-state index contributed by atoms with van der Waals surface area (Å²) < 4.78 is 74.1. The monoisotopic (exact) mass is 293 g/mol. The van der Waals surface area contributed by atoms with Crippen LogP contribution in [0.3, 0.4) is 0 Å². The fraction of sp³-hybridized carbons (Fsp3) is 0.900. The van der Waals surface area contributed by atoms with Crippen LogP contribution in [-0.2, 0) is 4.79 Å². The third-order valence-electron chi connectivity index (χ3n) is 3.04. The van der Waals surface area contributed by atoms with Gasteiger partial charge < -0.3 is 10.0 Å². The van der Waals surface area contributed by atoms with Gasteiger partial charge in [0.15, 0.2) is 0 Å². The van der Waals surface area contributed by atoms with E-state index < -0.39 is 24.2 Å². The molecule has 0 aromatic heterocycles. The lowest BCUT2D eigenvalue weighted by atomic mass is 10.1. The largest absolute Gasteiger partial charge is 0.409 e. The van der Waals surface area contributed by atoms with Crippen molar-refractivity contribution in [3.63, 3.8) is 0 Å². The van der Waals surface area contributed by atoms with Crippen LogP contribution in [-0.4, -0.2) is 48.0 Å². The first-order valence-electron chi connectivity index (χ1n) is 5.60. The van der Waals surface area contributed by atoms with E-state index in [2.05, 4.69) is 0 Å². The van der Waals surface area contributed by atoms with Crippen LogP contribution < -0.4 is 0 Å². The molecule has 1 atom stereocenters. The zero-order valence-electron chi connectivity index (χ0n) is 9.76. The van der Waals surface area contributed by atoms with E-state index in [1.165, 1.54) is 0 Å². The first-order chi connectivity index (χ1) is 8.57. The lowest BCUT2D eigenvalue weighted by Gasteiger charge is -2.26. The van der Waals surface area contributed by atoms with Crippen LogP contribution in [0.15, 0.2) is 0 Å². The van der Waals surface area contributed by atoms with E-state index in [0.29, 0.717) is 11.3 Å². The molecule has 9 heteroatoms. The van der Waals surface area contributed by atoms with Gasteiger partial charge in [0.1, 0.15) is 0 Å². The molecule has 0 aliphatic carbocycles. The summed E-state index contributed by atoms with van der Waals surface area (Å²) in [6, 6.07) is 0. The molecule has 1 heterocycles. The smallest absolute Gasteiger partial charge is 0.396 e. The first-order valence-corrected chi connectivity index (χ1v) is 5.60. The molecule has 1 amide bonds. The highest BCUT2D eigenvalue weighted by Gasteiger charge is 2.62. The predicted molar refractivity (Wildman–Crippen MR) is 52.0 cm³/mol. The number of amides is 1. The highest BCUT2D eigenvalue weighted by molar-refractivity contribution is 5.80. The number of hydrogen-bond acceptors (Lipinski definition) is 2. The van der Waals surface area contributed by atoms with Gasteiger partial charge in [0.2, 0.25) is 11.8 Å². The molecule has 112 valence electrons. The molecular formula is C10H13F6NO2. The van der Waals surface area contributed by atoms with Crippen LogP contribution in [0.2, 0.25) is 0 Å². The maximum Gasteiger partial charge on any atom is 0.409 e. The van der Waals surface area contributed by atoms with Crippen molar-refractivity contribution in [3.05, 3.63) is 0 Å². The SMILES string of the molecule is O=C(C(C(F)(F)F)C(F)(F)F)N1CCC(CCO)C1. The lowest BCUT2D eigenvalue weighted by Crippen LogP contribution is -2.49. The van der Waals surface area contributed by atoms with Crippen LogP contribution in [0.1, 0.15) is 12.8 Å². The zero-order chi connectivity index (χ0) is 14.8. The molecule has 19 heavy (non-hydrogen) atoms. The molecule has 1 aliphatic heterocycles. The molecule has 1 unspecified atom stereocenters. The zero-order valence-corrected chi connectivity index (χ0v) is 9.76. The Morgan fingerprint density at radius 2 is 1.74 bits per heavy atom. The first kappa shape index (κ1) is 16.1. The Morgan fingerprint density at radius 3 is 2.16 bits per heavy atom. The van der Waals surface area contributed by atoms with E-state index in [-0.39, 0.29) is 32.0 Å². The summed E-state index contributed by atoms with van der Waals surface area (Å²) in [5.41, 5.74) is 0. The molecule has 0 radical (unpaired) electrons. The van der Waals surface area contributed by atoms with Gasteiger partial charge in [0.05, 0.1) is 0 Å². The molecule has 0 spiro atoms. The van der Waals surface area contributed by atoms with E-state index in [4.69, 9.17) is 5.11 Å². The van der Waals surface area contributed by atoms with Crippen molar-refractivity contribution in [1.82, 2.24) is 4.90 Å². The molecule has 1 fully saturated rings. The van der Waals surface area contributed by atoms with Crippen molar-refractivity contribution >= 4 is 5.91 Å². The van der Waals surface area contributed by atoms with Gasteiger partial charge in [-0.3, -0.25) is 4.79 Å². The average Bonchev–Trinajstić information content (AvgIpc) is 2.62. The summed E-state index contributed by atoms with van der Waals surface area (Å²) in [7, 11) is 0. The second-order valence-corrected chi connectivity index (χ2v) is 4.47. The topological polar surface area (TPSA) is 40.5 Å². The Balaban J connectivity index is 2.80. The molecule has 1 saturated heterocycles. The average molecular weight is 293 g/mol. The molecule has 0 aromatic rings. The number of halogens is 6. The Labute approximate surface area is 105 Å². The summed E-state index contributed by atoms with van der Waals surface area (Å²) >= 11 is 0. The van der Waals surface area contributed by atoms with Crippen LogP contribution in [0.25, 0.3) is 0 Å².